The van der Waals surface area contributed by atoms with Crippen LogP contribution >= 0.6 is 11.3 Å². The second kappa shape index (κ2) is 9.02. The van der Waals surface area contributed by atoms with E-state index in [0.29, 0.717) is 5.56 Å². The van der Waals surface area contributed by atoms with Crippen LogP contribution in [0, 0.1) is 0 Å². The largest absolute Gasteiger partial charge is 0.321 e. The first-order valence-electron chi connectivity index (χ1n) is 11.5. The maximum absolute atomic E-state index is 13.1. The number of carbonyl (C=O) groups is 1. The van der Waals surface area contributed by atoms with Gasteiger partial charge in [-0.3, -0.25) is 14.1 Å². The predicted octanol–water partition coefficient (Wildman–Crippen LogP) is 4.87. The summed E-state index contributed by atoms with van der Waals surface area (Å²) in [7, 11) is 0. The number of hydrogen-bond acceptors (Lipinski definition) is 5. The molecular formula is C27H25N5OS. The number of imidazole rings is 1. The Morgan fingerprint density at radius 1 is 1.00 bits per heavy atom. The van der Waals surface area contributed by atoms with Crippen LogP contribution in [0.2, 0.25) is 0 Å². The molecule has 0 saturated carbocycles. The van der Waals surface area contributed by atoms with Gasteiger partial charge in [0, 0.05) is 61.1 Å². The molecule has 2 aromatic heterocycles. The fourth-order valence-corrected chi connectivity index (χ4v) is 5.38. The highest BCUT2D eigenvalue weighted by molar-refractivity contribution is 7.15. The highest BCUT2D eigenvalue weighted by atomic mass is 32.1. The van der Waals surface area contributed by atoms with Crippen LogP contribution in [-0.4, -0.2) is 46.4 Å². The molecule has 0 aliphatic carbocycles. The Bertz CT molecular complexity index is 1480. The van der Waals surface area contributed by atoms with Crippen molar-refractivity contribution in [2.45, 2.75) is 6.54 Å². The van der Waals surface area contributed by atoms with Crippen LogP contribution in [0.1, 0.15) is 16.1 Å². The maximum Gasteiger partial charge on any atom is 0.255 e. The van der Waals surface area contributed by atoms with Crippen LogP contribution in [0.3, 0.4) is 0 Å². The summed E-state index contributed by atoms with van der Waals surface area (Å²) in [6.07, 6.45) is 2.09. The third-order valence-corrected chi connectivity index (χ3v) is 7.23. The van der Waals surface area contributed by atoms with E-state index in [9.17, 15) is 4.79 Å². The van der Waals surface area contributed by atoms with Gasteiger partial charge in [-0.05, 0) is 29.0 Å². The van der Waals surface area contributed by atoms with E-state index in [-0.39, 0.29) is 5.91 Å². The maximum atomic E-state index is 13.1. The number of piperazine rings is 1. The molecule has 1 aliphatic rings. The van der Waals surface area contributed by atoms with E-state index in [1.165, 1.54) is 5.69 Å². The van der Waals surface area contributed by atoms with Gasteiger partial charge in [-0.15, -0.1) is 11.3 Å². The van der Waals surface area contributed by atoms with Crippen LogP contribution in [-0.2, 0) is 6.54 Å². The second-order valence-corrected chi connectivity index (χ2v) is 9.43. The number of anilines is 1. The lowest BCUT2D eigenvalue weighted by molar-refractivity contribution is 0.102. The number of rotatable bonds is 5. The fourth-order valence-electron chi connectivity index (χ4n) is 4.51. The van der Waals surface area contributed by atoms with Gasteiger partial charge in [0.1, 0.15) is 0 Å². The van der Waals surface area contributed by atoms with Crippen LogP contribution in [0.25, 0.3) is 27.0 Å². The molecule has 0 spiro atoms. The lowest BCUT2D eigenvalue weighted by atomic mass is 10.1. The summed E-state index contributed by atoms with van der Waals surface area (Å²) in [4.78, 5) is 21.4. The third-order valence-electron chi connectivity index (χ3n) is 6.34. The highest BCUT2D eigenvalue weighted by Crippen LogP contribution is 2.30. The van der Waals surface area contributed by atoms with Crippen LogP contribution in [0.5, 0.6) is 0 Å². The minimum atomic E-state index is -0.126. The zero-order valence-electron chi connectivity index (χ0n) is 18.7. The zero-order chi connectivity index (χ0) is 22.9. The van der Waals surface area contributed by atoms with Crippen molar-refractivity contribution < 1.29 is 4.79 Å². The number of para-hydroxylation sites is 1. The third kappa shape index (κ3) is 4.09. The molecule has 0 atom stereocenters. The highest BCUT2D eigenvalue weighted by Gasteiger charge is 2.17. The average Bonchev–Trinajstić information content (AvgIpc) is 3.46. The number of benzene rings is 3. The van der Waals surface area contributed by atoms with Crippen LogP contribution < -0.4 is 10.6 Å². The Morgan fingerprint density at radius 3 is 2.68 bits per heavy atom. The molecule has 1 aliphatic heterocycles. The van der Waals surface area contributed by atoms with Gasteiger partial charge in [-0.25, -0.2) is 4.98 Å². The van der Waals surface area contributed by atoms with Gasteiger partial charge >= 0.3 is 0 Å². The van der Waals surface area contributed by atoms with Gasteiger partial charge in [0.15, 0.2) is 4.96 Å². The molecule has 3 heterocycles. The van der Waals surface area contributed by atoms with Gasteiger partial charge in [-0.2, -0.15) is 0 Å². The second-order valence-electron chi connectivity index (χ2n) is 8.59. The van der Waals surface area contributed by atoms with Crippen molar-refractivity contribution >= 4 is 38.7 Å². The smallest absolute Gasteiger partial charge is 0.255 e. The summed E-state index contributed by atoms with van der Waals surface area (Å²) in [5.41, 5.74) is 4.43. The first kappa shape index (κ1) is 21.0. The van der Waals surface area contributed by atoms with Gasteiger partial charge < -0.3 is 10.6 Å². The van der Waals surface area contributed by atoms with E-state index in [0.717, 1.165) is 65.4 Å². The molecule has 7 heteroatoms. The number of hydrogen-bond donors (Lipinski definition) is 2. The Kier molecular flexibility index (Phi) is 5.58. The van der Waals surface area contributed by atoms with E-state index in [1.54, 1.807) is 11.3 Å². The molecule has 0 bridgehead atoms. The molecule has 2 N–H and O–H groups in total. The summed E-state index contributed by atoms with van der Waals surface area (Å²) in [5.74, 6) is -0.126. The quantitative estimate of drug-likeness (QED) is 0.387. The lowest BCUT2D eigenvalue weighted by Crippen LogP contribution is -2.43. The summed E-state index contributed by atoms with van der Waals surface area (Å²) >= 11 is 1.66. The average molecular weight is 468 g/mol. The Morgan fingerprint density at radius 2 is 1.79 bits per heavy atom. The van der Waals surface area contributed by atoms with Crippen LogP contribution in [0.4, 0.5) is 5.69 Å². The number of nitrogens with zero attached hydrogens (tertiary/aromatic N) is 3. The van der Waals surface area contributed by atoms with Crippen molar-refractivity contribution in [1.29, 1.82) is 0 Å². The predicted molar refractivity (Wildman–Crippen MR) is 139 cm³/mol. The minimum absolute atomic E-state index is 0.126. The summed E-state index contributed by atoms with van der Waals surface area (Å²) in [5, 5.41) is 10.9. The normalized spacial score (nSPS) is 14.6. The van der Waals surface area contributed by atoms with E-state index in [1.807, 2.05) is 66.7 Å². The van der Waals surface area contributed by atoms with Crippen LogP contribution in [0.15, 0.2) is 78.3 Å². The standard InChI is InChI=1S/C27H25N5OS/c33-26(21-10-9-19-5-1-2-6-20(19)15-21)29-24-8-4-3-7-23(24)25-17-32-22(18-34-27(32)30-25)16-31-13-11-28-12-14-31/h1-10,15,17-18,28H,11-14,16H2,(H,29,33). The number of thiazole rings is 1. The van der Waals surface area contributed by atoms with E-state index >= 15 is 0 Å². The van der Waals surface area contributed by atoms with Gasteiger partial charge in [0.25, 0.3) is 5.91 Å². The van der Waals surface area contributed by atoms with Gasteiger partial charge in [0.05, 0.1) is 11.4 Å². The number of amides is 1. The molecule has 0 unspecified atom stereocenters. The zero-order valence-corrected chi connectivity index (χ0v) is 19.5. The van der Waals surface area contributed by atoms with Crippen molar-refractivity contribution in [3.05, 3.63) is 89.6 Å². The van der Waals surface area contributed by atoms with Crippen molar-refractivity contribution in [2.24, 2.45) is 0 Å². The Balaban J connectivity index is 1.28. The molecule has 1 fully saturated rings. The van der Waals surface area contributed by atoms with Gasteiger partial charge in [0.2, 0.25) is 0 Å². The summed E-state index contributed by atoms with van der Waals surface area (Å²) in [6, 6.07) is 21.7. The molecule has 0 radical (unpaired) electrons. The summed E-state index contributed by atoms with van der Waals surface area (Å²) in [6.45, 7) is 5.10. The van der Waals surface area contributed by atoms with E-state index in [4.69, 9.17) is 4.98 Å². The SMILES string of the molecule is O=C(Nc1ccccc1-c1cn2c(CN3CCNCC3)csc2n1)c1ccc2ccccc2c1. The molecule has 5 aromatic rings. The molecule has 34 heavy (non-hydrogen) atoms. The minimum Gasteiger partial charge on any atom is -0.321 e. The van der Waals surface area contributed by atoms with Crippen molar-refractivity contribution in [2.75, 3.05) is 31.5 Å². The molecule has 6 nitrogen and oxygen atoms in total. The molecule has 3 aromatic carbocycles. The van der Waals surface area contributed by atoms with Crippen molar-refractivity contribution in [3.63, 3.8) is 0 Å². The molecule has 170 valence electrons. The molecule has 6 rings (SSSR count). The first-order chi connectivity index (χ1) is 16.7. The van der Waals surface area contributed by atoms with Crippen molar-refractivity contribution in [1.82, 2.24) is 19.6 Å². The molecule has 1 amide bonds. The topological polar surface area (TPSA) is 61.7 Å². The van der Waals surface area contributed by atoms with Gasteiger partial charge in [-0.1, -0.05) is 48.5 Å². The Labute approximate surface area is 201 Å². The van der Waals surface area contributed by atoms with E-state index in [2.05, 4.69) is 31.5 Å². The molecular weight excluding hydrogens is 442 g/mol. The fraction of sp³-hybridized carbons (Fsp3) is 0.185. The summed E-state index contributed by atoms with van der Waals surface area (Å²) < 4.78 is 2.18. The Hall–Kier alpha value is -3.52. The number of fused-ring (bicyclic) bond motifs is 2. The molecule has 1 saturated heterocycles. The van der Waals surface area contributed by atoms with E-state index < -0.39 is 0 Å². The lowest BCUT2D eigenvalue weighted by Gasteiger charge is -2.26. The van der Waals surface area contributed by atoms with Crippen molar-refractivity contribution in [3.8, 4) is 11.3 Å². The number of nitrogens with one attached hydrogen (secondary N) is 2. The number of carbonyl (C=O) groups excluding carboxylic acids is 1. The first-order valence-corrected chi connectivity index (χ1v) is 12.4. The monoisotopic (exact) mass is 467 g/mol. The number of aromatic nitrogens is 2.